The van der Waals surface area contributed by atoms with Gasteiger partial charge >= 0.3 is 0 Å². The molecule has 1 aliphatic carbocycles. The number of rotatable bonds is 12. The third kappa shape index (κ3) is 7.47. The summed E-state index contributed by atoms with van der Waals surface area (Å²) in [5, 5.41) is 10.5. The summed E-state index contributed by atoms with van der Waals surface area (Å²) in [7, 11) is 3.77. The lowest BCUT2D eigenvalue weighted by molar-refractivity contribution is 0.0553. The van der Waals surface area contributed by atoms with Gasteiger partial charge in [-0.2, -0.15) is 0 Å². The van der Waals surface area contributed by atoms with Crippen LogP contribution in [0.5, 0.6) is 11.5 Å². The zero-order chi connectivity index (χ0) is 22.8. The Morgan fingerprint density at radius 2 is 1.75 bits per heavy atom. The highest BCUT2D eigenvalue weighted by Gasteiger charge is 2.20. The number of likely N-dealkylation sites (N-methyl/N-ethyl adjacent to an activating group) is 1. The summed E-state index contributed by atoms with van der Waals surface area (Å²) in [4.78, 5) is 8.75. The fraction of sp³-hybridized carbons (Fsp3) is 0.577. The van der Waals surface area contributed by atoms with Crippen molar-refractivity contribution < 1.29 is 14.6 Å². The van der Waals surface area contributed by atoms with Gasteiger partial charge in [-0.25, -0.2) is 0 Å². The topological polar surface area (TPSA) is 58.1 Å². The van der Waals surface area contributed by atoms with Crippen LogP contribution in [0.3, 0.4) is 0 Å². The van der Waals surface area contributed by atoms with Crippen LogP contribution < -0.4 is 9.47 Å². The van der Waals surface area contributed by atoms with Crippen molar-refractivity contribution >= 4 is 0 Å². The third-order valence-electron chi connectivity index (χ3n) is 6.36. The molecule has 0 aliphatic heterocycles. The predicted molar refractivity (Wildman–Crippen MR) is 128 cm³/mol. The molecule has 6 heteroatoms. The molecule has 1 fully saturated rings. The van der Waals surface area contributed by atoms with Gasteiger partial charge in [0.25, 0.3) is 0 Å². The van der Waals surface area contributed by atoms with Crippen LogP contribution in [0.4, 0.5) is 0 Å². The van der Waals surface area contributed by atoms with Crippen molar-refractivity contribution in [3.8, 4) is 11.5 Å². The van der Waals surface area contributed by atoms with E-state index in [1.54, 1.807) is 7.11 Å². The molecule has 0 amide bonds. The summed E-state index contributed by atoms with van der Waals surface area (Å²) in [6.07, 6.45) is 9.53. The van der Waals surface area contributed by atoms with Gasteiger partial charge in [0.1, 0.15) is 12.7 Å². The summed E-state index contributed by atoms with van der Waals surface area (Å²) in [6.45, 7) is 5.71. The van der Waals surface area contributed by atoms with Crippen LogP contribution in [-0.4, -0.2) is 65.9 Å². The Kier molecular flexibility index (Phi) is 9.78. The SMILES string of the molecule is CCN(Cc1ccncc1)Cc1ccc(OC[C@H](O)CN(C)C2CCCCC2)c(OC)c1. The summed E-state index contributed by atoms with van der Waals surface area (Å²) < 4.78 is 11.5. The first-order valence-corrected chi connectivity index (χ1v) is 11.9. The molecule has 1 N–H and O–H groups in total. The van der Waals surface area contributed by atoms with E-state index in [-0.39, 0.29) is 6.61 Å². The summed E-state index contributed by atoms with van der Waals surface area (Å²) in [5.74, 6) is 1.38. The van der Waals surface area contributed by atoms with E-state index in [2.05, 4.69) is 47.0 Å². The Morgan fingerprint density at radius 3 is 2.44 bits per heavy atom. The second-order valence-electron chi connectivity index (χ2n) is 8.84. The smallest absolute Gasteiger partial charge is 0.161 e. The number of aliphatic hydroxyl groups excluding tert-OH is 1. The average molecular weight is 442 g/mol. The van der Waals surface area contributed by atoms with Gasteiger partial charge in [-0.05, 0) is 61.8 Å². The standard InChI is InChI=1S/C26H39N3O3/c1-4-29(17-21-12-14-27-15-13-21)18-22-10-11-25(26(16-22)31-3)32-20-24(30)19-28(2)23-8-6-5-7-9-23/h10-16,23-24,30H,4-9,17-20H2,1-3H3/t24-/m1/s1. The van der Waals surface area contributed by atoms with E-state index in [9.17, 15) is 5.11 Å². The van der Waals surface area contributed by atoms with E-state index in [1.807, 2.05) is 24.5 Å². The monoisotopic (exact) mass is 441 g/mol. The molecule has 32 heavy (non-hydrogen) atoms. The molecule has 2 aromatic rings. The molecule has 0 spiro atoms. The maximum Gasteiger partial charge on any atom is 0.161 e. The van der Waals surface area contributed by atoms with Gasteiger partial charge in [0.05, 0.1) is 7.11 Å². The number of nitrogens with zero attached hydrogens (tertiary/aromatic N) is 3. The molecule has 1 atom stereocenters. The maximum atomic E-state index is 10.5. The second kappa shape index (κ2) is 12.8. The van der Waals surface area contributed by atoms with E-state index in [0.29, 0.717) is 24.1 Å². The second-order valence-corrected chi connectivity index (χ2v) is 8.84. The molecule has 6 nitrogen and oxygen atoms in total. The maximum absolute atomic E-state index is 10.5. The average Bonchev–Trinajstić information content (AvgIpc) is 2.83. The van der Waals surface area contributed by atoms with E-state index in [0.717, 1.165) is 19.6 Å². The van der Waals surface area contributed by atoms with Gasteiger partial charge in [0.15, 0.2) is 11.5 Å². The molecule has 0 saturated heterocycles. The lowest BCUT2D eigenvalue weighted by Gasteiger charge is -2.32. The molecule has 0 unspecified atom stereocenters. The molecular formula is C26H39N3O3. The van der Waals surface area contributed by atoms with Gasteiger partial charge in [-0.3, -0.25) is 9.88 Å². The quantitative estimate of drug-likeness (QED) is 0.535. The van der Waals surface area contributed by atoms with Crippen molar-refractivity contribution in [2.24, 2.45) is 0 Å². The minimum atomic E-state index is -0.526. The normalized spacial score (nSPS) is 15.8. The van der Waals surface area contributed by atoms with Crippen molar-refractivity contribution in [3.05, 3.63) is 53.9 Å². The Hall–Kier alpha value is -2.15. The van der Waals surface area contributed by atoms with Gasteiger partial charge in [-0.15, -0.1) is 0 Å². The summed E-state index contributed by atoms with van der Waals surface area (Å²) in [5.41, 5.74) is 2.42. The lowest BCUT2D eigenvalue weighted by Crippen LogP contribution is -2.40. The first kappa shape index (κ1) is 24.5. The third-order valence-corrected chi connectivity index (χ3v) is 6.36. The molecule has 1 saturated carbocycles. The van der Waals surface area contributed by atoms with Crippen LogP contribution in [0.15, 0.2) is 42.7 Å². The Bertz CT molecular complexity index is 796. The number of hydrogen-bond donors (Lipinski definition) is 1. The van der Waals surface area contributed by atoms with E-state index >= 15 is 0 Å². The van der Waals surface area contributed by atoms with Crippen LogP contribution in [0.25, 0.3) is 0 Å². The zero-order valence-corrected chi connectivity index (χ0v) is 19.9. The van der Waals surface area contributed by atoms with Crippen molar-refractivity contribution in [1.82, 2.24) is 14.8 Å². The van der Waals surface area contributed by atoms with Crippen molar-refractivity contribution in [2.75, 3.05) is 33.9 Å². The van der Waals surface area contributed by atoms with Crippen LogP contribution in [0.1, 0.15) is 50.2 Å². The largest absolute Gasteiger partial charge is 0.493 e. The highest BCUT2D eigenvalue weighted by Crippen LogP contribution is 2.29. The van der Waals surface area contributed by atoms with E-state index in [1.165, 1.54) is 43.2 Å². The van der Waals surface area contributed by atoms with Gasteiger partial charge in [0, 0.05) is 38.1 Å². The minimum Gasteiger partial charge on any atom is -0.493 e. The number of aromatic nitrogens is 1. The van der Waals surface area contributed by atoms with Gasteiger partial charge in [-0.1, -0.05) is 32.3 Å². The Morgan fingerprint density at radius 1 is 1.03 bits per heavy atom. The molecule has 0 bridgehead atoms. The minimum absolute atomic E-state index is 0.260. The van der Waals surface area contributed by atoms with Crippen molar-refractivity contribution in [2.45, 2.75) is 64.3 Å². The van der Waals surface area contributed by atoms with Gasteiger partial charge in [0.2, 0.25) is 0 Å². The van der Waals surface area contributed by atoms with E-state index < -0.39 is 6.10 Å². The first-order valence-electron chi connectivity index (χ1n) is 11.9. The first-order chi connectivity index (χ1) is 15.6. The fourth-order valence-corrected chi connectivity index (χ4v) is 4.46. The van der Waals surface area contributed by atoms with E-state index in [4.69, 9.17) is 9.47 Å². The number of aliphatic hydroxyl groups is 1. The number of methoxy groups -OCH3 is 1. The summed E-state index contributed by atoms with van der Waals surface area (Å²) >= 11 is 0. The Labute approximate surface area is 193 Å². The molecule has 1 aliphatic rings. The number of benzene rings is 1. The van der Waals surface area contributed by atoms with Crippen LogP contribution in [0.2, 0.25) is 0 Å². The number of hydrogen-bond acceptors (Lipinski definition) is 6. The molecule has 0 radical (unpaired) electrons. The van der Waals surface area contributed by atoms with Crippen LogP contribution in [0, 0.1) is 0 Å². The van der Waals surface area contributed by atoms with Gasteiger partial charge < -0.3 is 19.5 Å². The van der Waals surface area contributed by atoms with Crippen LogP contribution >= 0.6 is 0 Å². The van der Waals surface area contributed by atoms with Crippen LogP contribution in [-0.2, 0) is 13.1 Å². The molecule has 1 aromatic heterocycles. The Balaban J connectivity index is 1.52. The zero-order valence-electron chi connectivity index (χ0n) is 19.9. The lowest BCUT2D eigenvalue weighted by atomic mass is 9.94. The summed E-state index contributed by atoms with van der Waals surface area (Å²) in [6, 6.07) is 10.7. The molecule has 1 heterocycles. The predicted octanol–water partition coefficient (Wildman–Crippen LogP) is 4.12. The van der Waals surface area contributed by atoms with Crippen molar-refractivity contribution in [1.29, 1.82) is 0 Å². The highest BCUT2D eigenvalue weighted by molar-refractivity contribution is 5.43. The number of pyridine rings is 1. The van der Waals surface area contributed by atoms with Crippen molar-refractivity contribution in [3.63, 3.8) is 0 Å². The highest BCUT2D eigenvalue weighted by atomic mass is 16.5. The number of ether oxygens (including phenoxy) is 2. The molecule has 1 aromatic carbocycles. The molecular weight excluding hydrogens is 402 g/mol. The molecule has 3 rings (SSSR count). The fourth-order valence-electron chi connectivity index (χ4n) is 4.46. The molecule has 176 valence electrons.